The van der Waals surface area contributed by atoms with Crippen LogP contribution < -0.4 is 10.1 Å². The minimum Gasteiger partial charge on any atom is -0.492 e. The molecular weight excluding hydrogens is 230 g/mol. The fourth-order valence-corrected chi connectivity index (χ4v) is 1.63. The van der Waals surface area contributed by atoms with Crippen LogP contribution in [0.25, 0.3) is 0 Å². The maximum absolute atomic E-state index is 9.12. The lowest BCUT2D eigenvalue weighted by Crippen LogP contribution is -2.37. The first-order chi connectivity index (χ1) is 8.80. The van der Waals surface area contributed by atoms with Gasteiger partial charge in [-0.05, 0) is 30.7 Å². The number of aliphatic hydroxyl groups excluding tert-OH is 1. The van der Waals surface area contributed by atoms with Crippen LogP contribution in [0.1, 0.15) is 12.5 Å². The van der Waals surface area contributed by atoms with Crippen molar-refractivity contribution in [3.05, 3.63) is 29.8 Å². The molecule has 4 heteroatoms. The van der Waals surface area contributed by atoms with Gasteiger partial charge in [0.1, 0.15) is 12.4 Å². The van der Waals surface area contributed by atoms with Gasteiger partial charge in [-0.15, -0.1) is 0 Å². The van der Waals surface area contributed by atoms with Gasteiger partial charge in [0.15, 0.2) is 0 Å². The lowest BCUT2D eigenvalue weighted by Gasteiger charge is -2.16. The van der Waals surface area contributed by atoms with Crippen LogP contribution in [0.15, 0.2) is 24.3 Å². The number of rotatable bonds is 9. The number of nitrogens with one attached hydrogen (secondary N) is 1. The molecule has 4 nitrogen and oxygen atoms in total. The molecule has 0 amide bonds. The molecule has 0 fully saturated rings. The Labute approximate surface area is 109 Å². The van der Waals surface area contributed by atoms with Crippen molar-refractivity contribution in [3.8, 4) is 5.75 Å². The predicted molar refractivity (Wildman–Crippen MR) is 72.1 cm³/mol. The van der Waals surface area contributed by atoms with Crippen LogP contribution in [0.3, 0.4) is 0 Å². The van der Waals surface area contributed by atoms with E-state index in [1.54, 1.807) is 7.11 Å². The Morgan fingerprint density at radius 2 is 2.00 bits per heavy atom. The van der Waals surface area contributed by atoms with Gasteiger partial charge in [0.05, 0.1) is 19.3 Å². The smallest absolute Gasteiger partial charge is 0.119 e. The average molecular weight is 253 g/mol. The molecule has 1 aromatic carbocycles. The zero-order valence-electron chi connectivity index (χ0n) is 11.2. The summed E-state index contributed by atoms with van der Waals surface area (Å²) in [5.74, 6) is 0.826. The third-order valence-corrected chi connectivity index (χ3v) is 2.68. The van der Waals surface area contributed by atoms with E-state index in [2.05, 4.69) is 5.32 Å². The van der Waals surface area contributed by atoms with E-state index < -0.39 is 0 Å². The van der Waals surface area contributed by atoms with Gasteiger partial charge >= 0.3 is 0 Å². The monoisotopic (exact) mass is 253 g/mol. The Morgan fingerprint density at radius 1 is 1.28 bits per heavy atom. The van der Waals surface area contributed by atoms with Gasteiger partial charge in [-0.2, -0.15) is 0 Å². The van der Waals surface area contributed by atoms with Gasteiger partial charge in [0.2, 0.25) is 0 Å². The molecule has 0 saturated carbocycles. The lowest BCUT2D eigenvalue weighted by atomic mass is 10.1. The molecule has 1 unspecified atom stereocenters. The second-order valence-electron chi connectivity index (χ2n) is 4.13. The van der Waals surface area contributed by atoms with E-state index in [-0.39, 0.29) is 12.6 Å². The van der Waals surface area contributed by atoms with Crippen molar-refractivity contribution in [2.24, 2.45) is 0 Å². The van der Waals surface area contributed by atoms with Gasteiger partial charge in [-0.3, -0.25) is 0 Å². The van der Waals surface area contributed by atoms with Gasteiger partial charge in [-0.1, -0.05) is 19.1 Å². The summed E-state index contributed by atoms with van der Waals surface area (Å²) in [6, 6.07) is 7.96. The second-order valence-corrected chi connectivity index (χ2v) is 4.13. The summed E-state index contributed by atoms with van der Waals surface area (Å²) in [6.07, 6.45) is 0.910. The fraction of sp³-hybridized carbons (Fsp3) is 0.571. The molecule has 1 atom stereocenters. The molecule has 0 heterocycles. The third kappa shape index (κ3) is 5.49. The Bertz CT molecular complexity index is 313. The maximum Gasteiger partial charge on any atom is 0.119 e. The van der Waals surface area contributed by atoms with E-state index in [4.69, 9.17) is 14.6 Å². The first-order valence-electron chi connectivity index (χ1n) is 6.35. The van der Waals surface area contributed by atoms with Crippen molar-refractivity contribution in [1.82, 2.24) is 5.32 Å². The minimum atomic E-state index is -0.0110. The molecule has 2 N–H and O–H groups in total. The zero-order valence-corrected chi connectivity index (χ0v) is 11.2. The Hall–Kier alpha value is -1.10. The molecule has 1 aromatic rings. The predicted octanol–water partition coefficient (Wildman–Crippen LogP) is 1.22. The fourth-order valence-electron chi connectivity index (χ4n) is 1.63. The maximum atomic E-state index is 9.12. The molecule has 102 valence electrons. The lowest BCUT2D eigenvalue weighted by molar-refractivity contribution is 0.184. The van der Waals surface area contributed by atoms with Crippen LogP contribution in [0.2, 0.25) is 0 Å². The van der Waals surface area contributed by atoms with Crippen LogP contribution >= 0.6 is 0 Å². The second kappa shape index (κ2) is 8.91. The number of hydrogen-bond donors (Lipinski definition) is 2. The Balaban J connectivity index is 2.38. The van der Waals surface area contributed by atoms with E-state index >= 15 is 0 Å². The van der Waals surface area contributed by atoms with Crippen molar-refractivity contribution in [3.63, 3.8) is 0 Å². The van der Waals surface area contributed by atoms with Crippen LogP contribution in [0, 0.1) is 0 Å². The number of aliphatic hydroxyl groups is 1. The summed E-state index contributed by atoms with van der Waals surface area (Å²) in [5, 5.41) is 12.3. The molecule has 0 saturated heterocycles. The molecule has 0 radical (unpaired) electrons. The molecule has 0 aliphatic heterocycles. The van der Waals surface area contributed by atoms with Crippen LogP contribution in [0.4, 0.5) is 0 Å². The van der Waals surface area contributed by atoms with E-state index in [0.29, 0.717) is 6.61 Å². The molecule has 0 spiro atoms. The average Bonchev–Trinajstić information content (AvgIpc) is 2.42. The number of methoxy groups -OCH3 is 1. The molecular formula is C14H23NO3. The largest absolute Gasteiger partial charge is 0.492 e. The molecule has 1 rings (SSSR count). The third-order valence-electron chi connectivity index (χ3n) is 2.68. The highest BCUT2D eigenvalue weighted by Gasteiger charge is 2.06. The van der Waals surface area contributed by atoms with Gasteiger partial charge in [0, 0.05) is 7.11 Å². The summed E-state index contributed by atoms with van der Waals surface area (Å²) in [5.41, 5.74) is 1.23. The molecule has 0 aromatic heterocycles. The zero-order chi connectivity index (χ0) is 13.2. The first kappa shape index (κ1) is 15.0. The van der Waals surface area contributed by atoms with E-state index in [1.807, 2.05) is 31.2 Å². The number of likely N-dealkylation sites (N-methyl/N-ethyl adjacent to an activating group) is 1. The summed E-state index contributed by atoms with van der Waals surface area (Å²) < 4.78 is 10.6. The quantitative estimate of drug-likeness (QED) is 0.695. The Kier molecular flexibility index (Phi) is 7.41. The Morgan fingerprint density at radius 3 is 2.56 bits per heavy atom. The molecule has 0 aliphatic carbocycles. The van der Waals surface area contributed by atoms with Crippen molar-refractivity contribution in [2.45, 2.75) is 19.4 Å². The van der Waals surface area contributed by atoms with Crippen molar-refractivity contribution < 1.29 is 14.6 Å². The van der Waals surface area contributed by atoms with Gasteiger partial charge < -0.3 is 19.9 Å². The highest BCUT2D eigenvalue weighted by atomic mass is 16.5. The molecule has 0 aliphatic rings. The minimum absolute atomic E-state index is 0.0110. The summed E-state index contributed by atoms with van der Waals surface area (Å²) in [4.78, 5) is 0. The van der Waals surface area contributed by atoms with Crippen LogP contribution in [0.5, 0.6) is 5.75 Å². The van der Waals surface area contributed by atoms with Crippen molar-refractivity contribution in [1.29, 1.82) is 0 Å². The molecule has 0 bridgehead atoms. The highest BCUT2D eigenvalue weighted by Crippen LogP contribution is 2.12. The van der Waals surface area contributed by atoms with E-state index in [1.165, 1.54) is 5.56 Å². The number of hydrogen-bond acceptors (Lipinski definition) is 4. The molecule has 18 heavy (non-hydrogen) atoms. The van der Waals surface area contributed by atoms with Crippen LogP contribution in [-0.4, -0.2) is 44.6 Å². The van der Waals surface area contributed by atoms with Gasteiger partial charge in [-0.25, -0.2) is 0 Å². The van der Waals surface area contributed by atoms with Crippen LogP contribution in [-0.2, 0) is 11.2 Å². The topological polar surface area (TPSA) is 50.7 Å². The summed E-state index contributed by atoms with van der Waals surface area (Å²) in [6.45, 7) is 4.12. The SMILES string of the molecule is CCNC(CO)COc1ccc(CCOC)cc1. The highest BCUT2D eigenvalue weighted by molar-refractivity contribution is 5.27. The van der Waals surface area contributed by atoms with E-state index in [9.17, 15) is 0 Å². The summed E-state index contributed by atoms with van der Waals surface area (Å²) in [7, 11) is 1.70. The van der Waals surface area contributed by atoms with E-state index in [0.717, 1.165) is 25.3 Å². The first-order valence-corrected chi connectivity index (χ1v) is 6.35. The van der Waals surface area contributed by atoms with Crippen molar-refractivity contribution in [2.75, 3.05) is 33.5 Å². The number of ether oxygens (including phenoxy) is 2. The standard InChI is InChI=1S/C14H23NO3/c1-3-15-13(10-16)11-18-14-6-4-12(5-7-14)8-9-17-2/h4-7,13,15-16H,3,8-11H2,1-2H3. The summed E-state index contributed by atoms with van der Waals surface area (Å²) >= 11 is 0. The number of benzene rings is 1. The van der Waals surface area contributed by atoms with Crippen molar-refractivity contribution >= 4 is 0 Å². The normalized spacial score (nSPS) is 12.4. The van der Waals surface area contributed by atoms with Gasteiger partial charge in [0.25, 0.3) is 0 Å².